The molecule has 90 valence electrons. The first-order chi connectivity index (χ1) is 8.31. The maximum atomic E-state index is 6.12. The van der Waals surface area contributed by atoms with Crippen molar-refractivity contribution >= 4 is 28.1 Å². The third kappa shape index (κ3) is 3.19. The van der Waals surface area contributed by atoms with E-state index in [1.54, 1.807) is 18.4 Å². The molecule has 1 aromatic carbocycles. The molecule has 0 atom stereocenters. The average molecular weight is 269 g/mol. The summed E-state index contributed by atoms with van der Waals surface area (Å²) in [7, 11) is 1.68. The molecular formula is C12H13ClN2OS. The van der Waals surface area contributed by atoms with Crippen LogP contribution in [0.25, 0.3) is 11.3 Å². The Hall–Kier alpha value is -1.10. The molecule has 0 aliphatic carbocycles. The molecule has 0 unspecified atom stereocenters. The van der Waals surface area contributed by atoms with Gasteiger partial charge in [-0.3, -0.25) is 0 Å². The van der Waals surface area contributed by atoms with Crippen molar-refractivity contribution in [2.24, 2.45) is 0 Å². The van der Waals surface area contributed by atoms with E-state index < -0.39 is 0 Å². The van der Waals surface area contributed by atoms with Crippen molar-refractivity contribution in [1.29, 1.82) is 0 Å². The van der Waals surface area contributed by atoms with Crippen LogP contribution >= 0.6 is 22.9 Å². The van der Waals surface area contributed by atoms with Crippen LogP contribution in [-0.2, 0) is 4.74 Å². The zero-order valence-electron chi connectivity index (χ0n) is 9.44. The smallest absolute Gasteiger partial charge is 0.183 e. The Bertz CT molecular complexity index is 487. The number of thiazole rings is 1. The van der Waals surface area contributed by atoms with E-state index in [0.717, 1.165) is 28.0 Å². The molecule has 0 amide bonds. The van der Waals surface area contributed by atoms with Gasteiger partial charge in [-0.25, -0.2) is 4.98 Å². The Kier molecular flexibility index (Phi) is 4.36. The van der Waals surface area contributed by atoms with Gasteiger partial charge in [0.2, 0.25) is 0 Å². The second kappa shape index (κ2) is 6.00. The maximum absolute atomic E-state index is 6.12. The first kappa shape index (κ1) is 12.4. The largest absolute Gasteiger partial charge is 0.383 e. The van der Waals surface area contributed by atoms with Gasteiger partial charge in [0.25, 0.3) is 0 Å². The fraction of sp³-hybridized carbons (Fsp3) is 0.250. The van der Waals surface area contributed by atoms with E-state index in [4.69, 9.17) is 16.3 Å². The van der Waals surface area contributed by atoms with E-state index in [1.807, 2.05) is 29.6 Å². The molecule has 0 fully saturated rings. The van der Waals surface area contributed by atoms with Crippen LogP contribution in [0.2, 0.25) is 5.02 Å². The molecule has 0 aliphatic heterocycles. The highest BCUT2D eigenvalue weighted by Crippen LogP contribution is 2.29. The van der Waals surface area contributed by atoms with E-state index in [9.17, 15) is 0 Å². The van der Waals surface area contributed by atoms with Gasteiger partial charge in [0.15, 0.2) is 5.13 Å². The molecule has 5 heteroatoms. The second-order valence-electron chi connectivity index (χ2n) is 3.44. The average Bonchev–Trinajstić information content (AvgIpc) is 2.79. The maximum Gasteiger partial charge on any atom is 0.183 e. The molecule has 0 saturated heterocycles. The number of rotatable bonds is 5. The zero-order chi connectivity index (χ0) is 12.1. The van der Waals surface area contributed by atoms with Crippen molar-refractivity contribution in [3.63, 3.8) is 0 Å². The van der Waals surface area contributed by atoms with Gasteiger partial charge in [0.1, 0.15) is 0 Å². The Morgan fingerprint density at radius 1 is 1.41 bits per heavy atom. The molecule has 17 heavy (non-hydrogen) atoms. The molecule has 3 nitrogen and oxygen atoms in total. The third-order valence-corrected chi connectivity index (χ3v) is 3.37. The van der Waals surface area contributed by atoms with Gasteiger partial charge >= 0.3 is 0 Å². The van der Waals surface area contributed by atoms with Crippen molar-refractivity contribution in [2.75, 3.05) is 25.6 Å². The van der Waals surface area contributed by atoms with Crippen LogP contribution in [0.1, 0.15) is 0 Å². The third-order valence-electron chi connectivity index (χ3n) is 2.24. The summed E-state index contributed by atoms with van der Waals surface area (Å²) in [5, 5.41) is 6.80. The highest BCUT2D eigenvalue weighted by molar-refractivity contribution is 7.14. The molecule has 0 spiro atoms. The van der Waals surface area contributed by atoms with Gasteiger partial charge in [0, 0.05) is 29.6 Å². The van der Waals surface area contributed by atoms with Crippen molar-refractivity contribution in [2.45, 2.75) is 0 Å². The molecule has 1 N–H and O–H groups in total. The summed E-state index contributed by atoms with van der Waals surface area (Å²) in [4.78, 5) is 4.48. The minimum Gasteiger partial charge on any atom is -0.383 e. The summed E-state index contributed by atoms with van der Waals surface area (Å²) in [6.07, 6.45) is 0. The first-order valence-corrected chi connectivity index (χ1v) is 6.50. The van der Waals surface area contributed by atoms with Crippen LogP contribution in [0.3, 0.4) is 0 Å². The zero-order valence-corrected chi connectivity index (χ0v) is 11.0. The number of methoxy groups -OCH3 is 1. The number of nitrogens with zero attached hydrogens (tertiary/aromatic N) is 1. The van der Waals surface area contributed by atoms with E-state index in [-0.39, 0.29) is 0 Å². The quantitative estimate of drug-likeness (QED) is 0.843. The van der Waals surface area contributed by atoms with Gasteiger partial charge in [-0.2, -0.15) is 0 Å². The number of ether oxygens (including phenoxy) is 1. The monoisotopic (exact) mass is 268 g/mol. The molecule has 1 heterocycles. The van der Waals surface area contributed by atoms with E-state index in [1.165, 1.54) is 0 Å². The van der Waals surface area contributed by atoms with Crippen LogP contribution < -0.4 is 5.32 Å². The van der Waals surface area contributed by atoms with Crippen molar-refractivity contribution in [3.8, 4) is 11.3 Å². The lowest BCUT2D eigenvalue weighted by molar-refractivity contribution is 0.211. The Labute approximate surface area is 109 Å². The SMILES string of the molecule is COCCNc1nc(-c2ccccc2Cl)cs1. The summed E-state index contributed by atoms with van der Waals surface area (Å²) in [6.45, 7) is 1.42. The van der Waals surface area contributed by atoms with E-state index in [2.05, 4.69) is 10.3 Å². The number of benzene rings is 1. The number of nitrogens with one attached hydrogen (secondary N) is 1. The molecule has 0 aliphatic rings. The Morgan fingerprint density at radius 3 is 3.00 bits per heavy atom. The van der Waals surface area contributed by atoms with E-state index >= 15 is 0 Å². The molecule has 0 bridgehead atoms. The van der Waals surface area contributed by atoms with Gasteiger partial charge in [0.05, 0.1) is 12.3 Å². The van der Waals surface area contributed by atoms with Crippen LogP contribution in [-0.4, -0.2) is 25.2 Å². The molecular weight excluding hydrogens is 256 g/mol. The van der Waals surface area contributed by atoms with Gasteiger partial charge in [-0.1, -0.05) is 29.8 Å². The number of hydrogen-bond acceptors (Lipinski definition) is 4. The van der Waals surface area contributed by atoms with Crippen LogP contribution in [0, 0.1) is 0 Å². The predicted octanol–water partition coefficient (Wildman–Crippen LogP) is 3.52. The number of hydrogen-bond donors (Lipinski definition) is 1. The summed E-state index contributed by atoms with van der Waals surface area (Å²) >= 11 is 7.69. The van der Waals surface area contributed by atoms with E-state index in [0.29, 0.717) is 6.61 Å². The highest BCUT2D eigenvalue weighted by atomic mass is 35.5. The molecule has 0 radical (unpaired) electrons. The fourth-order valence-electron chi connectivity index (χ4n) is 1.41. The lowest BCUT2D eigenvalue weighted by Gasteiger charge is -2.01. The Morgan fingerprint density at radius 2 is 2.24 bits per heavy atom. The minimum atomic E-state index is 0.668. The summed E-state index contributed by atoms with van der Waals surface area (Å²) in [6, 6.07) is 7.71. The molecule has 2 aromatic rings. The standard InChI is InChI=1S/C12H13ClN2OS/c1-16-7-6-14-12-15-11(8-17-12)9-4-2-3-5-10(9)13/h2-5,8H,6-7H2,1H3,(H,14,15). The predicted molar refractivity (Wildman–Crippen MR) is 72.9 cm³/mol. The summed E-state index contributed by atoms with van der Waals surface area (Å²) < 4.78 is 4.97. The summed E-state index contributed by atoms with van der Waals surface area (Å²) in [5.74, 6) is 0. The van der Waals surface area contributed by atoms with Crippen molar-refractivity contribution in [1.82, 2.24) is 4.98 Å². The Balaban J connectivity index is 2.10. The van der Waals surface area contributed by atoms with Crippen molar-refractivity contribution in [3.05, 3.63) is 34.7 Å². The minimum absolute atomic E-state index is 0.668. The topological polar surface area (TPSA) is 34.1 Å². The van der Waals surface area contributed by atoms with Gasteiger partial charge in [-0.05, 0) is 6.07 Å². The van der Waals surface area contributed by atoms with Crippen LogP contribution in [0.15, 0.2) is 29.6 Å². The fourth-order valence-corrected chi connectivity index (χ4v) is 2.38. The summed E-state index contributed by atoms with van der Waals surface area (Å²) in [5.41, 5.74) is 1.87. The highest BCUT2D eigenvalue weighted by Gasteiger charge is 2.06. The number of halogens is 1. The first-order valence-electron chi connectivity index (χ1n) is 5.24. The molecule has 2 rings (SSSR count). The lowest BCUT2D eigenvalue weighted by atomic mass is 10.2. The van der Waals surface area contributed by atoms with Crippen LogP contribution in [0.5, 0.6) is 0 Å². The van der Waals surface area contributed by atoms with Gasteiger partial charge in [-0.15, -0.1) is 11.3 Å². The second-order valence-corrected chi connectivity index (χ2v) is 4.70. The van der Waals surface area contributed by atoms with Crippen molar-refractivity contribution < 1.29 is 4.74 Å². The lowest BCUT2D eigenvalue weighted by Crippen LogP contribution is -2.06. The number of aromatic nitrogens is 1. The van der Waals surface area contributed by atoms with Gasteiger partial charge < -0.3 is 10.1 Å². The molecule has 0 saturated carbocycles. The normalized spacial score (nSPS) is 10.5. The van der Waals surface area contributed by atoms with Crippen LogP contribution in [0.4, 0.5) is 5.13 Å². The molecule has 1 aromatic heterocycles. The number of anilines is 1.